The predicted molar refractivity (Wildman–Crippen MR) is 254 cm³/mol. The molecule has 4 saturated heterocycles. The maximum absolute atomic E-state index is 15.3. The number of aliphatic hydroxyl groups is 1. The largest absolute Gasteiger partial charge is 0.389 e. The first-order valence-corrected chi connectivity index (χ1v) is 24.4. The summed E-state index contributed by atoms with van der Waals surface area (Å²) in [5, 5.41) is 39.4. The fraction of sp³-hybridized carbons (Fsp3) is 0.500. The lowest BCUT2D eigenvalue weighted by atomic mass is 9.74. The van der Waals surface area contributed by atoms with E-state index < -0.39 is 23.4 Å². The number of anilines is 3. The molecule has 0 spiro atoms. The Morgan fingerprint density at radius 1 is 0.913 bits per heavy atom. The van der Waals surface area contributed by atoms with E-state index in [1.165, 1.54) is 18.7 Å². The topological polar surface area (TPSA) is 219 Å². The molecule has 5 aliphatic rings. The van der Waals surface area contributed by atoms with Gasteiger partial charge >= 0.3 is 0 Å². The van der Waals surface area contributed by atoms with Gasteiger partial charge in [-0.15, -0.1) is 0 Å². The second-order valence-corrected chi connectivity index (χ2v) is 19.6. The molecule has 19 heteroatoms. The summed E-state index contributed by atoms with van der Waals surface area (Å²) in [4.78, 5) is 66.4. The van der Waals surface area contributed by atoms with Crippen LogP contribution in [0.15, 0.2) is 61.3 Å². The van der Waals surface area contributed by atoms with Crippen LogP contribution in [0.1, 0.15) is 102 Å². The average Bonchev–Trinajstić information content (AvgIpc) is 4.02. The van der Waals surface area contributed by atoms with E-state index >= 15 is 4.39 Å². The number of halogens is 1. The van der Waals surface area contributed by atoms with Gasteiger partial charge in [0.05, 0.1) is 59.1 Å². The number of pyridine rings is 1. The Morgan fingerprint density at radius 3 is 2.35 bits per heavy atom. The van der Waals surface area contributed by atoms with E-state index in [1.54, 1.807) is 35.2 Å². The highest BCUT2D eigenvalue weighted by atomic mass is 19.1. The number of imide groups is 1. The van der Waals surface area contributed by atoms with Crippen molar-refractivity contribution < 1.29 is 28.7 Å². The van der Waals surface area contributed by atoms with Crippen molar-refractivity contribution in [1.82, 2.24) is 44.9 Å². The number of carbonyl (C=O) groups excluding carboxylic acids is 4. The molecule has 8 heterocycles. The standard InChI is InChI=1S/C50H58FN13O5/c1-2-49(48(68)57-35-4-3-5-35)14-20-61(21-15-49)42-10-6-32(27-53-42)45-46-33(26-52)28-55-64(46)31-40(58-45)34-29-54-63(30-34)37-12-18-62(19-13-37)44(66)25-50(69)16-22-60(23-17-50)41-9-7-36(24-38(41)51)56-39-8-11-43(65)59-47(39)67/h6-7,9-10,24,27-31,35,37,39,56,69H,2-5,8,11-23,25H2,1H3,(H,57,68)(H,59,65,67). The number of aromatic nitrogens is 6. The quantitative estimate of drug-likeness (QED) is 0.119. The van der Waals surface area contributed by atoms with Crippen molar-refractivity contribution in [3.63, 3.8) is 0 Å². The number of nitrogens with one attached hydrogen (secondary N) is 3. The summed E-state index contributed by atoms with van der Waals surface area (Å²) in [5.41, 5.74) is 2.97. The average molecular weight is 940 g/mol. The van der Waals surface area contributed by atoms with Gasteiger partial charge in [0, 0.05) is 80.9 Å². The molecule has 69 heavy (non-hydrogen) atoms. The number of rotatable bonds is 12. The maximum atomic E-state index is 15.3. The van der Waals surface area contributed by atoms with Crippen LogP contribution in [0.2, 0.25) is 0 Å². The van der Waals surface area contributed by atoms with Gasteiger partial charge in [-0.2, -0.15) is 15.5 Å². The van der Waals surface area contributed by atoms with Gasteiger partial charge in [-0.3, -0.25) is 29.2 Å². The van der Waals surface area contributed by atoms with Crippen molar-refractivity contribution in [1.29, 1.82) is 5.26 Å². The van der Waals surface area contributed by atoms with E-state index in [0.29, 0.717) is 98.2 Å². The smallest absolute Gasteiger partial charge is 0.249 e. The monoisotopic (exact) mass is 939 g/mol. The van der Waals surface area contributed by atoms with Crippen LogP contribution >= 0.6 is 0 Å². The molecule has 0 radical (unpaired) electrons. The zero-order chi connectivity index (χ0) is 47.9. The summed E-state index contributed by atoms with van der Waals surface area (Å²) >= 11 is 0. The van der Waals surface area contributed by atoms with Crippen LogP contribution < -0.4 is 25.8 Å². The van der Waals surface area contributed by atoms with Crippen LogP contribution in [0.4, 0.5) is 21.6 Å². The van der Waals surface area contributed by atoms with Gasteiger partial charge in [-0.05, 0) is 101 Å². The summed E-state index contributed by atoms with van der Waals surface area (Å²) in [5.74, 6) is -0.299. The lowest BCUT2D eigenvalue weighted by molar-refractivity contribution is -0.139. The van der Waals surface area contributed by atoms with Gasteiger partial charge in [0.2, 0.25) is 23.6 Å². The van der Waals surface area contributed by atoms with Crippen molar-refractivity contribution in [3.8, 4) is 28.6 Å². The molecule has 1 atom stereocenters. The molecule has 360 valence electrons. The highest BCUT2D eigenvalue weighted by Gasteiger charge is 2.42. The molecule has 1 aromatic carbocycles. The summed E-state index contributed by atoms with van der Waals surface area (Å²) in [7, 11) is 0. The summed E-state index contributed by atoms with van der Waals surface area (Å²) < 4.78 is 18.9. The van der Waals surface area contributed by atoms with E-state index in [9.17, 15) is 29.5 Å². The first-order chi connectivity index (χ1) is 33.4. The predicted octanol–water partition coefficient (Wildman–Crippen LogP) is 5.13. The number of benzene rings is 1. The Bertz CT molecular complexity index is 2790. The normalized spacial score (nSPS) is 20.8. The van der Waals surface area contributed by atoms with Gasteiger partial charge in [0.25, 0.3) is 0 Å². The number of carbonyl (C=O) groups is 4. The van der Waals surface area contributed by atoms with Crippen LogP contribution in [0, 0.1) is 22.6 Å². The molecule has 1 aliphatic carbocycles. The van der Waals surface area contributed by atoms with Crippen molar-refractivity contribution in [2.45, 2.75) is 114 Å². The van der Waals surface area contributed by atoms with Crippen molar-refractivity contribution in [3.05, 3.63) is 72.7 Å². The van der Waals surface area contributed by atoms with Crippen LogP contribution in [0.3, 0.4) is 0 Å². The fourth-order valence-corrected chi connectivity index (χ4v) is 10.6. The minimum atomic E-state index is -1.21. The van der Waals surface area contributed by atoms with Crippen LogP contribution in [0.5, 0.6) is 0 Å². The SMILES string of the molecule is CCC1(C(=O)NC2CCC2)CCN(c2ccc(-c3nc(-c4cnn(C5CCN(C(=O)CC6(O)CCN(c7ccc(NC8CCC(=O)NC8=O)cc7F)CC6)CC5)c4)cn4ncc(C#N)c34)cn2)CC1. The number of hydrogen-bond acceptors (Lipinski definition) is 13. The first kappa shape index (κ1) is 45.8. The Hall–Kier alpha value is -6.94. The Kier molecular flexibility index (Phi) is 12.5. The molecular weight excluding hydrogens is 882 g/mol. The van der Waals surface area contributed by atoms with E-state index in [2.05, 4.69) is 38.9 Å². The highest BCUT2D eigenvalue weighted by Crippen LogP contribution is 2.39. The third-order valence-electron chi connectivity index (χ3n) is 15.4. The third kappa shape index (κ3) is 9.33. The first-order valence-electron chi connectivity index (χ1n) is 24.4. The minimum absolute atomic E-state index is 0.0113. The third-order valence-corrected chi connectivity index (χ3v) is 15.4. The minimum Gasteiger partial charge on any atom is -0.389 e. The highest BCUT2D eigenvalue weighted by molar-refractivity contribution is 6.01. The van der Waals surface area contributed by atoms with Gasteiger partial charge in [-0.1, -0.05) is 6.92 Å². The van der Waals surface area contributed by atoms with Gasteiger partial charge in [0.15, 0.2) is 0 Å². The number of nitrogens with zero attached hydrogens (tertiary/aromatic N) is 10. The molecule has 5 fully saturated rings. The van der Waals surface area contributed by atoms with Gasteiger partial charge < -0.3 is 30.4 Å². The van der Waals surface area contributed by atoms with Crippen molar-refractivity contribution in [2.24, 2.45) is 5.41 Å². The molecule has 4 amide bonds. The lowest BCUT2D eigenvalue weighted by Crippen LogP contribution is -2.52. The molecule has 5 aromatic rings. The van der Waals surface area contributed by atoms with Crippen LogP contribution in [0.25, 0.3) is 28.0 Å². The number of amides is 4. The molecule has 1 unspecified atom stereocenters. The van der Waals surface area contributed by atoms with Crippen LogP contribution in [-0.2, 0) is 19.2 Å². The van der Waals surface area contributed by atoms with Crippen LogP contribution in [-0.4, -0.2) is 120 Å². The van der Waals surface area contributed by atoms with E-state index in [1.807, 2.05) is 32.8 Å². The second-order valence-electron chi connectivity index (χ2n) is 19.6. The molecule has 18 nitrogen and oxygen atoms in total. The number of hydrogen-bond donors (Lipinski definition) is 4. The zero-order valence-electron chi connectivity index (χ0n) is 38.9. The lowest BCUT2D eigenvalue weighted by Gasteiger charge is -2.42. The number of fused-ring (bicyclic) bond motifs is 1. The Morgan fingerprint density at radius 2 is 1.68 bits per heavy atom. The van der Waals surface area contributed by atoms with Crippen molar-refractivity contribution in [2.75, 3.05) is 54.4 Å². The molecule has 10 rings (SSSR count). The maximum Gasteiger partial charge on any atom is 0.249 e. The molecule has 1 saturated carbocycles. The van der Waals surface area contributed by atoms with Crippen molar-refractivity contribution >= 4 is 46.3 Å². The molecular formula is C50H58FN13O5. The zero-order valence-corrected chi connectivity index (χ0v) is 38.9. The molecule has 4 aliphatic heterocycles. The van der Waals surface area contributed by atoms with E-state index in [-0.39, 0.29) is 42.0 Å². The van der Waals surface area contributed by atoms with Gasteiger partial charge in [-0.25, -0.2) is 18.9 Å². The van der Waals surface area contributed by atoms with E-state index in [4.69, 9.17) is 15.1 Å². The molecule has 4 N–H and O–H groups in total. The number of nitriles is 1. The Balaban J connectivity index is 0.740. The molecule has 4 aromatic heterocycles. The van der Waals surface area contributed by atoms with Gasteiger partial charge in [0.1, 0.15) is 34.8 Å². The summed E-state index contributed by atoms with van der Waals surface area (Å²) in [6, 6.07) is 10.6. The summed E-state index contributed by atoms with van der Waals surface area (Å²) in [6.45, 7) is 5.36. The Labute approximate surface area is 399 Å². The fourth-order valence-electron chi connectivity index (χ4n) is 10.6. The number of likely N-dealkylation sites (tertiary alicyclic amines) is 1. The second kappa shape index (κ2) is 18.9. The number of piperidine rings is 4. The summed E-state index contributed by atoms with van der Waals surface area (Å²) in [6.07, 6.45) is 17.0. The molecule has 0 bridgehead atoms. The van der Waals surface area contributed by atoms with E-state index in [0.717, 1.165) is 62.1 Å².